The van der Waals surface area contributed by atoms with Crippen molar-refractivity contribution in [2.75, 3.05) is 0 Å². The second-order valence-corrected chi connectivity index (χ2v) is 3.18. The maximum Gasteiger partial charge on any atom is 0.177 e. The van der Waals surface area contributed by atoms with E-state index in [1.807, 2.05) is 6.07 Å². The van der Waals surface area contributed by atoms with E-state index in [1.165, 1.54) is 0 Å². The van der Waals surface area contributed by atoms with Crippen molar-refractivity contribution >= 4 is 11.6 Å². The van der Waals surface area contributed by atoms with Gasteiger partial charge in [-0.2, -0.15) is 5.26 Å². The van der Waals surface area contributed by atoms with Crippen LogP contribution in [0.4, 0.5) is 0 Å². The van der Waals surface area contributed by atoms with Crippen LogP contribution in [0.5, 0.6) is 0 Å². The summed E-state index contributed by atoms with van der Waals surface area (Å²) in [6.07, 6.45) is 3.97. The molecule has 0 radical (unpaired) electrons. The van der Waals surface area contributed by atoms with Crippen LogP contribution in [-0.2, 0) is 0 Å². The Labute approximate surface area is 75.0 Å². The topological polar surface area (TPSA) is 49.6 Å². The second-order valence-electron chi connectivity index (χ2n) is 2.82. The Balaban J connectivity index is 2.38. The Hall–Kier alpha value is -1.14. The SMILES string of the molecule is N#Cc1ncc(C2CC2)nc1Cl. The molecule has 2 rings (SSSR count). The lowest BCUT2D eigenvalue weighted by Crippen LogP contribution is -1.93. The molecule has 3 nitrogen and oxygen atoms in total. The molecule has 1 saturated carbocycles. The van der Waals surface area contributed by atoms with Gasteiger partial charge in [-0.3, -0.25) is 0 Å². The number of rotatable bonds is 1. The van der Waals surface area contributed by atoms with Crippen molar-refractivity contribution in [1.82, 2.24) is 9.97 Å². The first kappa shape index (κ1) is 7.51. The molecule has 0 bridgehead atoms. The molecule has 0 N–H and O–H groups in total. The van der Waals surface area contributed by atoms with Crippen molar-refractivity contribution in [2.45, 2.75) is 18.8 Å². The molecule has 0 unspecified atom stereocenters. The number of hydrogen-bond acceptors (Lipinski definition) is 3. The van der Waals surface area contributed by atoms with Crippen molar-refractivity contribution in [1.29, 1.82) is 5.26 Å². The predicted octanol–water partition coefficient (Wildman–Crippen LogP) is 1.88. The van der Waals surface area contributed by atoms with E-state index in [4.69, 9.17) is 16.9 Å². The molecule has 1 aliphatic carbocycles. The molecule has 12 heavy (non-hydrogen) atoms. The maximum absolute atomic E-state index is 8.53. The third-order valence-corrected chi connectivity index (χ3v) is 2.11. The van der Waals surface area contributed by atoms with E-state index in [9.17, 15) is 0 Å². The molecule has 1 fully saturated rings. The predicted molar refractivity (Wildman–Crippen MR) is 43.7 cm³/mol. The van der Waals surface area contributed by atoms with Crippen molar-refractivity contribution in [3.63, 3.8) is 0 Å². The highest BCUT2D eigenvalue weighted by molar-refractivity contribution is 6.30. The minimum absolute atomic E-state index is 0.209. The van der Waals surface area contributed by atoms with Gasteiger partial charge < -0.3 is 0 Å². The van der Waals surface area contributed by atoms with Gasteiger partial charge in [0.15, 0.2) is 10.8 Å². The van der Waals surface area contributed by atoms with E-state index in [1.54, 1.807) is 6.20 Å². The van der Waals surface area contributed by atoms with Crippen LogP contribution in [0.15, 0.2) is 6.20 Å². The normalized spacial score (nSPS) is 15.7. The molecule has 1 heterocycles. The molecule has 0 saturated heterocycles. The molecule has 1 aromatic rings. The van der Waals surface area contributed by atoms with E-state index in [2.05, 4.69) is 9.97 Å². The Bertz CT molecular complexity index is 352. The standard InChI is InChI=1S/C8H6ClN3/c9-8-6(3-10)11-4-7(12-8)5-1-2-5/h4-5H,1-2H2. The number of hydrogen-bond donors (Lipinski definition) is 0. The third kappa shape index (κ3) is 1.26. The van der Waals surface area contributed by atoms with Crippen LogP contribution in [0.3, 0.4) is 0 Å². The zero-order valence-corrected chi connectivity index (χ0v) is 7.04. The summed E-state index contributed by atoms with van der Waals surface area (Å²) in [5, 5.41) is 8.75. The maximum atomic E-state index is 8.53. The van der Waals surface area contributed by atoms with Gasteiger partial charge >= 0.3 is 0 Å². The lowest BCUT2D eigenvalue weighted by atomic mass is 10.3. The van der Waals surface area contributed by atoms with Gasteiger partial charge in [-0.05, 0) is 12.8 Å². The average Bonchev–Trinajstić information content (AvgIpc) is 2.86. The van der Waals surface area contributed by atoms with E-state index < -0.39 is 0 Å². The van der Waals surface area contributed by atoms with E-state index in [-0.39, 0.29) is 10.8 Å². The molecule has 0 aliphatic heterocycles. The molecule has 0 amide bonds. The molecule has 1 aromatic heterocycles. The van der Waals surface area contributed by atoms with Gasteiger partial charge in [-0.1, -0.05) is 11.6 Å². The fraction of sp³-hybridized carbons (Fsp3) is 0.375. The molecule has 60 valence electrons. The van der Waals surface area contributed by atoms with Crippen LogP contribution >= 0.6 is 11.6 Å². The van der Waals surface area contributed by atoms with Crippen molar-refractivity contribution in [3.8, 4) is 6.07 Å². The quantitative estimate of drug-likeness (QED) is 0.662. The highest BCUT2D eigenvalue weighted by Crippen LogP contribution is 2.38. The van der Waals surface area contributed by atoms with Gasteiger partial charge in [-0.15, -0.1) is 0 Å². The Morgan fingerprint density at radius 3 is 2.83 bits per heavy atom. The molecular weight excluding hydrogens is 174 g/mol. The Kier molecular flexibility index (Phi) is 1.70. The van der Waals surface area contributed by atoms with E-state index in [0.29, 0.717) is 5.92 Å². The molecule has 0 aromatic carbocycles. The van der Waals surface area contributed by atoms with Crippen molar-refractivity contribution in [2.24, 2.45) is 0 Å². The van der Waals surface area contributed by atoms with Crippen LogP contribution in [0.25, 0.3) is 0 Å². The minimum Gasteiger partial charge on any atom is -0.241 e. The highest BCUT2D eigenvalue weighted by Gasteiger charge is 2.25. The lowest BCUT2D eigenvalue weighted by Gasteiger charge is -1.97. The van der Waals surface area contributed by atoms with Crippen molar-refractivity contribution < 1.29 is 0 Å². The number of nitrogens with zero attached hydrogens (tertiary/aromatic N) is 3. The van der Waals surface area contributed by atoms with Crippen LogP contribution in [-0.4, -0.2) is 9.97 Å². The summed E-state index contributed by atoms with van der Waals surface area (Å²) < 4.78 is 0. The zero-order chi connectivity index (χ0) is 8.55. The molecule has 0 atom stereocenters. The Morgan fingerprint density at radius 1 is 1.58 bits per heavy atom. The van der Waals surface area contributed by atoms with Gasteiger partial charge in [0.2, 0.25) is 0 Å². The highest BCUT2D eigenvalue weighted by atomic mass is 35.5. The summed E-state index contributed by atoms with van der Waals surface area (Å²) in [6, 6.07) is 1.88. The largest absolute Gasteiger partial charge is 0.241 e. The summed E-state index contributed by atoms with van der Waals surface area (Å²) >= 11 is 5.71. The minimum atomic E-state index is 0.209. The molecule has 4 heteroatoms. The smallest absolute Gasteiger partial charge is 0.177 e. The van der Waals surface area contributed by atoms with Gasteiger partial charge in [0.1, 0.15) is 6.07 Å². The number of halogens is 1. The summed E-state index contributed by atoms with van der Waals surface area (Å²) in [6.45, 7) is 0. The monoisotopic (exact) mass is 179 g/mol. The Morgan fingerprint density at radius 2 is 2.33 bits per heavy atom. The van der Waals surface area contributed by atoms with E-state index >= 15 is 0 Å². The lowest BCUT2D eigenvalue weighted by molar-refractivity contribution is 0.980. The molecule has 0 spiro atoms. The summed E-state index contributed by atoms with van der Waals surface area (Å²) in [5.74, 6) is 0.530. The summed E-state index contributed by atoms with van der Waals surface area (Å²) in [5.41, 5.74) is 1.13. The number of nitriles is 1. The molecular formula is C8H6ClN3. The summed E-state index contributed by atoms with van der Waals surface area (Å²) in [4.78, 5) is 7.99. The second kappa shape index (κ2) is 2.72. The first-order valence-electron chi connectivity index (χ1n) is 3.74. The van der Waals surface area contributed by atoms with Crippen LogP contribution in [0, 0.1) is 11.3 Å². The summed E-state index contributed by atoms with van der Waals surface area (Å²) in [7, 11) is 0. The number of aromatic nitrogens is 2. The van der Waals surface area contributed by atoms with Crippen molar-refractivity contribution in [3.05, 3.63) is 22.7 Å². The van der Waals surface area contributed by atoms with Crippen LogP contribution in [0.2, 0.25) is 5.15 Å². The van der Waals surface area contributed by atoms with Gasteiger partial charge in [0.05, 0.1) is 11.9 Å². The van der Waals surface area contributed by atoms with Gasteiger partial charge in [0, 0.05) is 5.92 Å². The average molecular weight is 180 g/mol. The zero-order valence-electron chi connectivity index (χ0n) is 6.29. The third-order valence-electron chi connectivity index (χ3n) is 1.85. The molecule has 1 aliphatic rings. The fourth-order valence-electron chi connectivity index (χ4n) is 1.03. The first-order valence-corrected chi connectivity index (χ1v) is 4.11. The van der Waals surface area contributed by atoms with E-state index in [0.717, 1.165) is 18.5 Å². The van der Waals surface area contributed by atoms with Gasteiger partial charge in [0.25, 0.3) is 0 Å². The fourth-order valence-corrected chi connectivity index (χ4v) is 1.22. The first-order chi connectivity index (χ1) is 5.81. The van der Waals surface area contributed by atoms with Gasteiger partial charge in [-0.25, -0.2) is 9.97 Å². The van der Waals surface area contributed by atoms with Crippen LogP contribution in [0.1, 0.15) is 30.1 Å². The van der Waals surface area contributed by atoms with Crippen LogP contribution < -0.4 is 0 Å².